The molecule has 2 heterocycles. The molecule has 0 spiro atoms. The van der Waals surface area contributed by atoms with Crippen LogP contribution in [0.4, 0.5) is 5.69 Å². The molecule has 0 aliphatic heterocycles. The summed E-state index contributed by atoms with van der Waals surface area (Å²) >= 11 is 5.35. The first-order valence-corrected chi connectivity index (χ1v) is 11.4. The van der Waals surface area contributed by atoms with Gasteiger partial charge in [-0.25, -0.2) is 0 Å². The van der Waals surface area contributed by atoms with Gasteiger partial charge in [0.1, 0.15) is 5.76 Å². The number of benzene rings is 2. The Bertz CT molecular complexity index is 1470. The van der Waals surface area contributed by atoms with Gasteiger partial charge in [-0.3, -0.25) is 19.0 Å². The smallest absolute Gasteiger partial charge is 0.262 e. The highest BCUT2D eigenvalue weighted by molar-refractivity contribution is 7.71. The number of anilines is 1. The van der Waals surface area contributed by atoms with Crippen LogP contribution in [0.3, 0.4) is 0 Å². The molecular formula is C25H24N4O5S. The standard InChI is InChI=1S/C25H24N4O5S/c1-33-12-5-11-29-24(32)19-10-9-16(14-21(19)28-25(29)35)22(30)27-20-8-3-2-7-18(20)23(31)26-15-17-6-4-13-34-17/h2-4,6-10,13-14H,5,11-12,15H2,1H3,(H,26,31)(H,27,30)(H,28,35). The number of rotatable bonds is 9. The molecule has 0 aliphatic rings. The van der Waals surface area contributed by atoms with E-state index in [4.69, 9.17) is 21.4 Å². The van der Waals surface area contributed by atoms with E-state index in [1.807, 2.05) is 0 Å². The average molecular weight is 493 g/mol. The van der Waals surface area contributed by atoms with Crippen LogP contribution in [0.2, 0.25) is 0 Å². The molecule has 3 N–H and O–H groups in total. The van der Waals surface area contributed by atoms with Crippen molar-refractivity contribution >= 4 is 40.6 Å². The van der Waals surface area contributed by atoms with Crippen LogP contribution in [-0.4, -0.2) is 35.1 Å². The molecule has 4 aromatic rings. The largest absolute Gasteiger partial charge is 0.467 e. The van der Waals surface area contributed by atoms with Gasteiger partial charge in [0, 0.05) is 25.8 Å². The molecular weight excluding hydrogens is 468 g/mol. The molecule has 180 valence electrons. The molecule has 0 saturated carbocycles. The monoisotopic (exact) mass is 492 g/mol. The molecule has 9 nitrogen and oxygen atoms in total. The lowest BCUT2D eigenvalue weighted by atomic mass is 10.1. The number of furan rings is 1. The molecule has 0 bridgehead atoms. The highest BCUT2D eigenvalue weighted by Crippen LogP contribution is 2.18. The minimum Gasteiger partial charge on any atom is -0.467 e. The molecule has 2 amide bonds. The van der Waals surface area contributed by atoms with Crippen molar-refractivity contribution in [3.8, 4) is 0 Å². The van der Waals surface area contributed by atoms with Crippen LogP contribution in [0, 0.1) is 4.77 Å². The van der Waals surface area contributed by atoms with E-state index in [1.54, 1.807) is 61.7 Å². The summed E-state index contributed by atoms with van der Waals surface area (Å²) in [6.07, 6.45) is 2.18. The number of amides is 2. The summed E-state index contributed by atoms with van der Waals surface area (Å²) in [6, 6.07) is 14.9. The Hall–Kier alpha value is -4.02. The lowest BCUT2D eigenvalue weighted by molar-refractivity contribution is 0.0949. The fourth-order valence-electron chi connectivity index (χ4n) is 3.63. The normalized spacial score (nSPS) is 10.9. The van der Waals surface area contributed by atoms with Gasteiger partial charge in [-0.2, -0.15) is 0 Å². The lowest BCUT2D eigenvalue weighted by Crippen LogP contribution is -2.25. The van der Waals surface area contributed by atoms with E-state index in [0.29, 0.717) is 53.0 Å². The zero-order valence-electron chi connectivity index (χ0n) is 19.0. The second-order valence-electron chi connectivity index (χ2n) is 7.76. The summed E-state index contributed by atoms with van der Waals surface area (Å²) in [5.74, 6) is -0.165. The van der Waals surface area contributed by atoms with Crippen molar-refractivity contribution in [3.05, 3.63) is 92.9 Å². The fraction of sp³-hybridized carbons (Fsp3) is 0.200. The number of ether oxygens (including phenoxy) is 1. The van der Waals surface area contributed by atoms with Crippen molar-refractivity contribution in [2.24, 2.45) is 0 Å². The lowest BCUT2D eigenvalue weighted by Gasteiger charge is -2.12. The van der Waals surface area contributed by atoms with Gasteiger partial charge < -0.3 is 24.8 Å². The predicted molar refractivity (Wildman–Crippen MR) is 134 cm³/mol. The van der Waals surface area contributed by atoms with Crippen LogP contribution in [0.15, 0.2) is 70.1 Å². The van der Waals surface area contributed by atoms with E-state index in [9.17, 15) is 14.4 Å². The topological polar surface area (TPSA) is 118 Å². The van der Waals surface area contributed by atoms with E-state index in [0.717, 1.165) is 0 Å². The van der Waals surface area contributed by atoms with Crippen molar-refractivity contribution < 1.29 is 18.7 Å². The minimum absolute atomic E-state index is 0.223. The van der Waals surface area contributed by atoms with Crippen LogP contribution in [0.5, 0.6) is 0 Å². The zero-order valence-corrected chi connectivity index (χ0v) is 19.8. The van der Waals surface area contributed by atoms with Crippen molar-refractivity contribution in [3.63, 3.8) is 0 Å². The molecule has 0 unspecified atom stereocenters. The first-order chi connectivity index (χ1) is 17.0. The molecule has 0 fully saturated rings. The van der Waals surface area contributed by atoms with Crippen LogP contribution < -0.4 is 16.2 Å². The van der Waals surface area contributed by atoms with Gasteiger partial charge >= 0.3 is 0 Å². The third-order valence-electron chi connectivity index (χ3n) is 5.40. The maximum atomic E-state index is 13.0. The summed E-state index contributed by atoms with van der Waals surface area (Å²) in [4.78, 5) is 41.6. The Balaban J connectivity index is 1.54. The van der Waals surface area contributed by atoms with E-state index in [-0.39, 0.29) is 22.8 Å². The van der Waals surface area contributed by atoms with E-state index >= 15 is 0 Å². The maximum Gasteiger partial charge on any atom is 0.262 e. The Morgan fingerprint density at radius 3 is 2.71 bits per heavy atom. The average Bonchev–Trinajstić information content (AvgIpc) is 3.38. The molecule has 10 heteroatoms. The molecule has 4 rings (SSSR count). The number of aromatic amines is 1. The van der Waals surface area contributed by atoms with Gasteiger partial charge in [-0.05, 0) is 61.1 Å². The molecule has 2 aromatic heterocycles. The number of hydrogen-bond acceptors (Lipinski definition) is 6. The first-order valence-electron chi connectivity index (χ1n) is 10.9. The van der Waals surface area contributed by atoms with Gasteiger partial charge in [0.05, 0.1) is 35.0 Å². The van der Waals surface area contributed by atoms with Gasteiger partial charge in [0.15, 0.2) is 4.77 Å². The second kappa shape index (κ2) is 10.9. The Morgan fingerprint density at radius 2 is 1.94 bits per heavy atom. The number of nitrogens with zero attached hydrogens (tertiary/aromatic N) is 1. The predicted octanol–water partition coefficient (Wildman–Crippen LogP) is 3.87. The molecule has 0 saturated heterocycles. The van der Waals surface area contributed by atoms with Gasteiger partial charge in [-0.1, -0.05) is 12.1 Å². The van der Waals surface area contributed by atoms with E-state index < -0.39 is 5.91 Å². The number of H-pyrrole nitrogens is 1. The zero-order chi connectivity index (χ0) is 24.8. The highest BCUT2D eigenvalue weighted by atomic mass is 32.1. The summed E-state index contributed by atoms with van der Waals surface area (Å²) < 4.78 is 12.0. The van der Waals surface area contributed by atoms with Crippen LogP contribution >= 0.6 is 12.2 Å². The summed E-state index contributed by atoms with van der Waals surface area (Å²) in [6.45, 7) is 1.17. The van der Waals surface area contributed by atoms with Crippen LogP contribution in [0.1, 0.15) is 32.9 Å². The van der Waals surface area contributed by atoms with E-state index in [1.165, 1.54) is 10.8 Å². The highest BCUT2D eigenvalue weighted by Gasteiger charge is 2.15. The molecule has 2 aromatic carbocycles. The Kier molecular flexibility index (Phi) is 7.54. The number of aromatic nitrogens is 2. The number of para-hydroxylation sites is 1. The summed E-state index contributed by atoms with van der Waals surface area (Å²) in [7, 11) is 1.60. The molecule has 0 aliphatic carbocycles. The number of hydrogen-bond donors (Lipinski definition) is 3. The Morgan fingerprint density at radius 1 is 1.11 bits per heavy atom. The number of carbonyl (C=O) groups excluding carboxylic acids is 2. The van der Waals surface area contributed by atoms with Gasteiger partial charge in [-0.15, -0.1) is 0 Å². The van der Waals surface area contributed by atoms with Crippen molar-refractivity contribution in [1.29, 1.82) is 0 Å². The SMILES string of the molecule is COCCCn1c(=S)[nH]c2cc(C(=O)Nc3ccccc3C(=O)NCc3ccco3)ccc2c1=O. The third-order valence-corrected chi connectivity index (χ3v) is 5.72. The quantitative estimate of drug-likeness (QED) is 0.241. The first kappa shape index (κ1) is 24.1. The number of fused-ring (bicyclic) bond motifs is 1. The Labute approximate surface area is 205 Å². The van der Waals surface area contributed by atoms with E-state index in [2.05, 4.69) is 15.6 Å². The van der Waals surface area contributed by atoms with Gasteiger partial charge in [0.2, 0.25) is 0 Å². The maximum absolute atomic E-state index is 13.0. The van der Waals surface area contributed by atoms with Crippen molar-refractivity contribution in [2.45, 2.75) is 19.5 Å². The summed E-state index contributed by atoms with van der Waals surface area (Å²) in [5, 5.41) is 5.97. The van der Waals surface area contributed by atoms with Gasteiger partial charge in [0.25, 0.3) is 17.4 Å². The number of carbonyl (C=O) groups is 2. The molecule has 35 heavy (non-hydrogen) atoms. The molecule has 0 radical (unpaired) electrons. The molecule has 0 atom stereocenters. The third kappa shape index (κ3) is 5.56. The number of nitrogens with one attached hydrogen (secondary N) is 3. The van der Waals surface area contributed by atoms with Crippen LogP contribution in [0.25, 0.3) is 10.9 Å². The fourth-order valence-corrected chi connectivity index (χ4v) is 3.91. The van der Waals surface area contributed by atoms with Crippen molar-refractivity contribution in [1.82, 2.24) is 14.9 Å². The summed E-state index contributed by atoms with van der Waals surface area (Å²) in [5.41, 5.74) is 1.21. The number of methoxy groups -OCH3 is 1. The minimum atomic E-state index is -0.429. The van der Waals surface area contributed by atoms with Crippen molar-refractivity contribution in [2.75, 3.05) is 19.0 Å². The second-order valence-corrected chi connectivity index (χ2v) is 8.14. The van der Waals surface area contributed by atoms with Crippen LogP contribution in [-0.2, 0) is 17.8 Å².